The summed E-state index contributed by atoms with van der Waals surface area (Å²) in [4.78, 5) is 22.1. The van der Waals surface area contributed by atoms with Crippen molar-refractivity contribution < 1.29 is 14.7 Å². The Labute approximate surface area is 125 Å². The first-order chi connectivity index (χ1) is 9.89. The first kappa shape index (κ1) is 16.8. The van der Waals surface area contributed by atoms with E-state index in [-0.39, 0.29) is 17.7 Å². The smallest absolute Gasteiger partial charge is 0.303 e. The quantitative estimate of drug-likeness (QED) is 0.790. The maximum Gasteiger partial charge on any atom is 0.303 e. The van der Waals surface area contributed by atoms with Crippen LogP contribution in [-0.2, 0) is 9.59 Å². The summed E-state index contributed by atoms with van der Waals surface area (Å²) < 4.78 is 0. The number of carboxylic acids is 1. The van der Waals surface area contributed by atoms with Gasteiger partial charge in [-0.2, -0.15) is 0 Å². The number of carbonyl (C=O) groups excluding carboxylic acids is 1. The van der Waals surface area contributed by atoms with E-state index in [1.54, 1.807) is 0 Å². The average Bonchev–Trinajstić information content (AvgIpc) is 2.44. The summed E-state index contributed by atoms with van der Waals surface area (Å²) >= 11 is 0. The highest BCUT2D eigenvalue weighted by Crippen LogP contribution is 2.25. The Balaban J connectivity index is 2.34. The third kappa shape index (κ3) is 7.78. The SMILES string of the molecule is CC(C)(CCNC(=O)C#Cc1ccccc1)CCC(=O)O. The lowest BCUT2D eigenvalue weighted by Crippen LogP contribution is -2.27. The van der Waals surface area contributed by atoms with Gasteiger partial charge in [0, 0.05) is 24.4 Å². The Morgan fingerprint density at radius 1 is 1.19 bits per heavy atom. The molecule has 0 aliphatic carbocycles. The minimum absolute atomic E-state index is 0.113. The van der Waals surface area contributed by atoms with Crippen LogP contribution in [0.2, 0.25) is 0 Å². The van der Waals surface area contributed by atoms with Crippen molar-refractivity contribution >= 4 is 11.9 Å². The lowest BCUT2D eigenvalue weighted by molar-refractivity contribution is -0.137. The van der Waals surface area contributed by atoms with E-state index in [2.05, 4.69) is 17.2 Å². The van der Waals surface area contributed by atoms with Gasteiger partial charge in [0.25, 0.3) is 5.91 Å². The Kier molecular flexibility index (Phi) is 6.48. The highest BCUT2D eigenvalue weighted by atomic mass is 16.4. The standard InChI is InChI=1S/C17H21NO3/c1-17(2,11-10-16(20)21)12-13-18-15(19)9-8-14-6-4-3-5-7-14/h3-7H,10-13H2,1-2H3,(H,18,19)(H,20,21). The number of carboxylic acid groups (broad SMARTS) is 1. The van der Waals surface area contributed by atoms with Crippen molar-refractivity contribution in [2.45, 2.75) is 33.1 Å². The second-order valence-corrected chi connectivity index (χ2v) is 5.68. The van der Waals surface area contributed by atoms with Gasteiger partial charge in [0.1, 0.15) is 0 Å². The fourth-order valence-electron chi connectivity index (χ4n) is 1.78. The largest absolute Gasteiger partial charge is 0.481 e. The Morgan fingerprint density at radius 3 is 2.48 bits per heavy atom. The molecule has 0 saturated carbocycles. The van der Waals surface area contributed by atoms with Crippen LogP contribution >= 0.6 is 0 Å². The van der Waals surface area contributed by atoms with Crippen molar-refractivity contribution in [1.82, 2.24) is 5.32 Å². The molecule has 0 radical (unpaired) electrons. The molecule has 0 heterocycles. The van der Waals surface area contributed by atoms with Crippen LogP contribution in [0.5, 0.6) is 0 Å². The van der Waals surface area contributed by atoms with Crippen LogP contribution < -0.4 is 5.32 Å². The molecule has 2 N–H and O–H groups in total. The molecule has 0 saturated heterocycles. The molecule has 1 aromatic rings. The minimum Gasteiger partial charge on any atom is -0.481 e. The summed E-state index contributed by atoms with van der Waals surface area (Å²) in [6.07, 6.45) is 1.46. The van der Waals surface area contributed by atoms with E-state index in [9.17, 15) is 9.59 Å². The molecule has 1 rings (SSSR count). The van der Waals surface area contributed by atoms with Gasteiger partial charge < -0.3 is 10.4 Å². The number of benzene rings is 1. The summed E-state index contributed by atoms with van der Waals surface area (Å²) in [6.45, 7) is 4.49. The predicted molar refractivity (Wildman–Crippen MR) is 81.6 cm³/mol. The zero-order valence-electron chi connectivity index (χ0n) is 12.5. The fourth-order valence-corrected chi connectivity index (χ4v) is 1.78. The van der Waals surface area contributed by atoms with Gasteiger partial charge in [-0.15, -0.1) is 0 Å². The van der Waals surface area contributed by atoms with Crippen LogP contribution in [-0.4, -0.2) is 23.5 Å². The third-order valence-electron chi connectivity index (χ3n) is 3.20. The second kappa shape index (κ2) is 8.11. The number of amides is 1. The van der Waals surface area contributed by atoms with E-state index in [4.69, 9.17) is 5.11 Å². The lowest BCUT2D eigenvalue weighted by atomic mass is 9.84. The molecule has 0 aliphatic heterocycles. The molecular formula is C17H21NO3. The van der Waals surface area contributed by atoms with Crippen LogP contribution in [0.15, 0.2) is 30.3 Å². The summed E-state index contributed by atoms with van der Waals surface area (Å²) in [6, 6.07) is 9.31. The Hall–Kier alpha value is -2.28. The first-order valence-electron chi connectivity index (χ1n) is 6.96. The molecule has 0 atom stereocenters. The topological polar surface area (TPSA) is 66.4 Å². The molecule has 0 aromatic heterocycles. The van der Waals surface area contributed by atoms with Crippen LogP contribution in [0.1, 0.15) is 38.7 Å². The monoisotopic (exact) mass is 287 g/mol. The summed E-state index contributed by atoms with van der Waals surface area (Å²) in [5.41, 5.74) is 0.688. The lowest BCUT2D eigenvalue weighted by Gasteiger charge is -2.23. The van der Waals surface area contributed by atoms with Gasteiger partial charge >= 0.3 is 5.97 Å². The summed E-state index contributed by atoms with van der Waals surface area (Å²) in [5, 5.41) is 11.4. The molecule has 112 valence electrons. The Morgan fingerprint density at radius 2 is 1.86 bits per heavy atom. The van der Waals surface area contributed by atoms with Crippen molar-refractivity contribution in [1.29, 1.82) is 0 Å². The molecule has 1 amide bonds. The van der Waals surface area contributed by atoms with Gasteiger partial charge in [-0.3, -0.25) is 9.59 Å². The molecule has 0 aliphatic rings. The highest BCUT2D eigenvalue weighted by Gasteiger charge is 2.18. The second-order valence-electron chi connectivity index (χ2n) is 5.68. The maximum absolute atomic E-state index is 11.6. The van der Waals surface area contributed by atoms with Gasteiger partial charge in [0.2, 0.25) is 0 Å². The number of nitrogens with one attached hydrogen (secondary N) is 1. The molecule has 0 spiro atoms. The van der Waals surface area contributed by atoms with Crippen molar-refractivity contribution in [3.8, 4) is 11.8 Å². The van der Waals surface area contributed by atoms with Crippen LogP contribution in [0.25, 0.3) is 0 Å². The van der Waals surface area contributed by atoms with Crippen molar-refractivity contribution in [3.05, 3.63) is 35.9 Å². The van der Waals surface area contributed by atoms with Crippen LogP contribution in [0, 0.1) is 17.3 Å². The number of rotatable bonds is 6. The molecule has 4 nitrogen and oxygen atoms in total. The Bertz CT molecular complexity index is 538. The van der Waals surface area contributed by atoms with Crippen molar-refractivity contribution in [2.75, 3.05) is 6.54 Å². The fraction of sp³-hybridized carbons (Fsp3) is 0.412. The zero-order chi connectivity index (χ0) is 15.7. The maximum atomic E-state index is 11.6. The number of carbonyl (C=O) groups is 2. The van der Waals surface area contributed by atoms with Gasteiger partial charge in [-0.1, -0.05) is 38.0 Å². The molecule has 0 bridgehead atoms. The van der Waals surface area contributed by atoms with E-state index in [0.29, 0.717) is 13.0 Å². The third-order valence-corrected chi connectivity index (χ3v) is 3.20. The minimum atomic E-state index is -0.791. The number of hydrogen-bond donors (Lipinski definition) is 2. The number of hydrogen-bond acceptors (Lipinski definition) is 2. The summed E-state index contributed by atoms with van der Waals surface area (Å²) in [7, 11) is 0. The van der Waals surface area contributed by atoms with E-state index in [0.717, 1.165) is 12.0 Å². The number of aliphatic carboxylic acids is 1. The van der Waals surface area contributed by atoms with Crippen LogP contribution in [0.3, 0.4) is 0 Å². The van der Waals surface area contributed by atoms with Gasteiger partial charge in [-0.25, -0.2) is 0 Å². The zero-order valence-corrected chi connectivity index (χ0v) is 12.5. The van der Waals surface area contributed by atoms with E-state index >= 15 is 0 Å². The predicted octanol–water partition coefficient (Wildman–Crippen LogP) is 2.44. The molecule has 21 heavy (non-hydrogen) atoms. The van der Waals surface area contributed by atoms with E-state index < -0.39 is 5.97 Å². The summed E-state index contributed by atoms with van der Waals surface area (Å²) in [5.74, 6) is 4.23. The molecule has 1 aromatic carbocycles. The molecular weight excluding hydrogens is 266 g/mol. The van der Waals surface area contributed by atoms with Crippen molar-refractivity contribution in [2.24, 2.45) is 5.41 Å². The highest BCUT2D eigenvalue weighted by molar-refractivity contribution is 5.94. The van der Waals surface area contributed by atoms with Crippen molar-refractivity contribution in [3.63, 3.8) is 0 Å². The van der Waals surface area contributed by atoms with E-state index in [1.807, 2.05) is 44.2 Å². The molecule has 0 unspecified atom stereocenters. The van der Waals surface area contributed by atoms with Gasteiger partial charge in [0.05, 0.1) is 0 Å². The molecule has 4 heteroatoms. The molecule has 0 fully saturated rings. The normalized spacial score (nSPS) is 10.4. The average molecular weight is 287 g/mol. The van der Waals surface area contributed by atoms with Gasteiger partial charge in [0.15, 0.2) is 0 Å². The first-order valence-corrected chi connectivity index (χ1v) is 6.96. The van der Waals surface area contributed by atoms with E-state index in [1.165, 1.54) is 0 Å². The van der Waals surface area contributed by atoms with Crippen LogP contribution in [0.4, 0.5) is 0 Å². The van der Waals surface area contributed by atoms with Gasteiger partial charge in [-0.05, 0) is 30.4 Å².